The number of benzene rings is 1. The number of hydrogen-bond acceptors (Lipinski definition) is 2. The Hall–Kier alpha value is -1.48. The van der Waals surface area contributed by atoms with Crippen molar-refractivity contribution >= 4 is 10.9 Å². The Balaban J connectivity index is 2.50. The van der Waals surface area contributed by atoms with E-state index in [1.165, 1.54) is 6.07 Å². The normalized spacial score (nSPS) is 12.0. The van der Waals surface area contributed by atoms with E-state index >= 15 is 0 Å². The standard InChI is InChI=1S/C13H15FN2/c1-13(2,15)8-9-6-10-4-3-5-16-12(10)11(14)7-9/h3-7H,8,15H2,1-2H3. The second kappa shape index (κ2) is 3.83. The van der Waals surface area contributed by atoms with Gasteiger partial charge in [0, 0.05) is 17.1 Å². The van der Waals surface area contributed by atoms with Crippen molar-refractivity contribution in [3.05, 3.63) is 41.8 Å². The van der Waals surface area contributed by atoms with E-state index < -0.39 is 0 Å². The molecule has 0 saturated heterocycles. The van der Waals surface area contributed by atoms with E-state index in [4.69, 9.17) is 5.73 Å². The zero-order chi connectivity index (χ0) is 11.8. The molecule has 0 fully saturated rings. The van der Waals surface area contributed by atoms with Crippen LogP contribution >= 0.6 is 0 Å². The lowest BCUT2D eigenvalue weighted by molar-refractivity contribution is 0.515. The first-order chi connectivity index (χ1) is 7.46. The lowest BCUT2D eigenvalue weighted by atomic mass is 9.95. The van der Waals surface area contributed by atoms with Gasteiger partial charge >= 0.3 is 0 Å². The van der Waals surface area contributed by atoms with Crippen LogP contribution in [-0.2, 0) is 6.42 Å². The summed E-state index contributed by atoms with van der Waals surface area (Å²) in [7, 11) is 0. The fraction of sp³-hybridized carbons (Fsp3) is 0.308. The molecule has 0 radical (unpaired) electrons. The van der Waals surface area contributed by atoms with Gasteiger partial charge in [-0.15, -0.1) is 0 Å². The highest BCUT2D eigenvalue weighted by Gasteiger charge is 2.13. The van der Waals surface area contributed by atoms with Gasteiger partial charge < -0.3 is 5.73 Å². The van der Waals surface area contributed by atoms with Crippen molar-refractivity contribution < 1.29 is 4.39 Å². The molecule has 0 unspecified atom stereocenters. The van der Waals surface area contributed by atoms with Gasteiger partial charge in [0.1, 0.15) is 11.3 Å². The molecule has 2 rings (SSSR count). The molecule has 0 aliphatic rings. The first kappa shape index (κ1) is 11.0. The maximum Gasteiger partial charge on any atom is 0.149 e. The Bertz CT molecular complexity index is 515. The molecule has 1 aromatic carbocycles. The SMILES string of the molecule is CC(C)(N)Cc1cc(F)c2ncccc2c1. The Morgan fingerprint density at radius 1 is 1.38 bits per heavy atom. The van der Waals surface area contributed by atoms with Gasteiger partial charge in [0.2, 0.25) is 0 Å². The van der Waals surface area contributed by atoms with Gasteiger partial charge in [0.15, 0.2) is 0 Å². The maximum atomic E-state index is 13.7. The summed E-state index contributed by atoms with van der Waals surface area (Å²) in [6, 6.07) is 7.13. The van der Waals surface area contributed by atoms with Crippen LogP contribution in [0.15, 0.2) is 30.5 Å². The molecule has 1 heterocycles. The van der Waals surface area contributed by atoms with Crippen LogP contribution in [0.2, 0.25) is 0 Å². The highest BCUT2D eigenvalue weighted by atomic mass is 19.1. The molecule has 0 atom stereocenters. The van der Waals surface area contributed by atoms with Crippen LogP contribution in [0.3, 0.4) is 0 Å². The lowest BCUT2D eigenvalue weighted by Crippen LogP contribution is -2.34. The van der Waals surface area contributed by atoms with E-state index in [1.807, 2.05) is 26.0 Å². The largest absolute Gasteiger partial charge is 0.325 e. The molecule has 16 heavy (non-hydrogen) atoms. The van der Waals surface area contributed by atoms with Crippen LogP contribution < -0.4 is 5.73 Å². The highest BCUT2D eigenvalue weighted by molar-refractivity contribution is 5.79. The van der Waals surface area contributed by atoms with Crippen molar-refractivity contribution in [3.63, 3.8) is 0 Å². The molecule has 3 heteroatoms. The quantitative estimate of drug-likeness (QED) is 0.841. The van der Waals surface area contributed by atoms with Gasteiger partial charge in [-0.2, -0.15) is 0 Å². The zero-order valence-corrected chi connectivity index (χ0v) is 9.50. The van der Waals surface area contributed by atoms with E-state index in [0.717, 1.165) is 10.9 Å². The van der Waals surface area contributed by atoms with Gasteiger partial charge in [-0.05, 0) is 44.0 Å². The minimum Gasteiger partial charge on any atom is -0.325 e. The van der Waals surface area contributed by atoms with Crippen molar-refractivity contribution in [2.75, 3.05) is 0 Å². The van der Waals surface area contributed by atoms with E-state index in [-0.39, 0.29) is 11.4 Å². The zero-order valence-electron chi connectivity index (χ0n) is 9.50. The van der Waals surface area contributed by atoms with Gasteiger partial charge in [-0.25, -0.2) is 4.39 Å². The molecule has 2 nitrogen and oxygen atoms in total. The average molecular weight is 218 g/mol. The number of aromatic nitrogens is 1. The fourth-order valence-electron chi connectivity index (χ4n) is 1.83. The summed E-state index contributed by atoms with van der Waals surface area (Å²) < 4.78 is 13.7. The second-order valence-corrected chi connectivity index (χ2v) is 4.82. The van der Waals surface area contributed by atoms with Crippen LogP contribution in [0.5, 0.6) is 0 Å². The van der Waals surface area contributed by atoms with E-state index in [1.54, 1.807) is 12.3 Å². The number of halogens is 1. The monoisotopic (exact) mass is 218 g/mol. The second-order valence-electron chi connectivity index (χ2n) is 4.82. The van der Waals surface area contributed by atoms with Gasteiger partial charge in [0.25, 0.3) is 0 Å². The summed E-state index contributed by atoms with van der Waals surface area (Å²) in [5.74, 6) is -0.280. The molecule has 84 valence electrons. The third-order valence-electron chi connectivity index (χ3n) is 2.38. The number of rotatable bonds is 2. The van der Waals surface area contributed by atoms with Crippen LogP contribution in [-0.4, -0.2) is 10.5 Å². The van der Waals surface area contributed by atoms with Crippen LogP contribution in [0, 0.1) is 5.82 Å². The van der Waals surface area contributed by atoms with Crippen molar-refractivity contribution in [2.45, 2.75) is 25.8 Å². The Morgan fingerprint density at radius 3 is 2.81 bits per heavy atom. The first-order valence-electron chi connectivity index (χ1n) is 5.28. The number of nitrogens with zero attached hydrogens (tertiary/aromatic N) is 1. The minimum absolute atomic E-state index is 0.280. The third-order valence-corrected chi connectivity index (χ3v) is 2.38. The molecule has 2 N–H and O–H groups in total. The van der Waals surface area contributed by atoms with E-state index in [2.05, 4.69) is 4.98 Å². The molecule has 0 spiro atoms. The summed E-state index contributed by atoms with van der Waals surface area (Å²) in [5, 5.41) is 0.821. The molecule has 2 aromatic rings. The molecule has 0 aliphatic carbocycles. The predicted octanol–water partition coefficient (Wildman–Crippen LogP) is 2.65. The highest BCUT2D eigenvalue weighted by Crippen LogP contribution is 2.20. The van der Waals surface area contributed by atoms with Crippen LogP contribution in [0.4, 0.5) is 4.39 Å². The summed E-state index contributed by atoms with van der Waals surface area (Å²) in [6.45, 7) is 3.86. The summed E-state index contributed by atoms with van der Waals surface area (Å²) in [5.41, 5.74) is 6.92. The molecular formula is C13H15FN2. The molecule has 0 amide bonds. The average Bonchev–Trinajstić information content (AvgIpc) is 2.15. The molecule has 0 aliphatic heterocycles. The molecular weight excluding hydrogens is 203 g/mol. The van der Waals surface area contributed by atoms with Gasteiger partial charge in [-0.3, -0.25) is 4.98 Å². The summed E-state index contributed by atoms with van der Waals surface area (Å²) in [6.07, 6.45) is 2.24. The Morgan fingerprint density at radius 2 is 2.12 bits per heavy atom. The number of fused-ring (bicyclic) bond motifs is 1. The van der Waals surface area contributed by atoms with Crippen molar-refractivity contribution in [2.24, 2.45) is 5.73 Å². The topological polar surface area (TPSA) is 38.9 Å². The fourth-order valence-corrected chi connectivity index (χ4v) is 1.83. The Kier molecular flexibility index (Phi) is 2.64. The van der Waals surface area contributed by atoms with Gasteiger partial charge in [0.05, 0.1) is 0 Å². The minimum atomic E-state index is -0.331. The van der Waals surface area contributed by atoms with Crippen LogP contribution in [0.25, 0.3) is 10.9 Å². The smallest absolute Gasteiger partial charge is 0.149 e. The summed E-state index contributed by atoms with van der Waals surface area (Å²) in [4.78, 5) is 4.01. The molecule has 1 aromatic heterocycles. The van der Waals surface area contributed by atoms with Gasteiger partial charge in [-0.1, -0.05) is 6.07 Å². The molecule has 0 saturated carbocycles. The van der Waals surface area contributed by atoms with E-state index in [9.17, 15) is 4.39 Å². The predicted molar refractivity (Wildman–Crippen MR) is 63.7 cm³/mol. The third kappa shape index (κ3) is 2.36. The van der Waals surface area contributed by atoms with Crippen molar-refractivity contribution in [3.8, 4) is 0 Å². The lowest BCUT2D eigenvalue weighted by Gasteiger charge is -2.18. The number of pyridine rings is 1. The summed E-state index contributed by atoms with van der Waals surface area (Å²) >= 11 is 0. The first-order valence-corrected chi connectivity index (χ1v) is 5.28. The number of hydrogen-bond donors (Lipinski definition) is 1. The Labute approximate surface area is 94.3 Å². The maximum absolute atomic E-state index is 13.7. The van der Waals surface area contributed by atoms with Crippen LogP contribution in [0.1, 0.15) is 19.4 Å². The molecule has 0 bridgehead atoms. The van der Waals surface area contributed by atoms with Crippen molar-refractivity contribution in [1.82, 2.24) is 4.98 Å². The number of nitrogens with two attached hydrogens (primary N) is 1. The van der Waals surface area contributed by atoms with E-state index in [0.29, 0.717) is 11.9 Å². The van der Waals surface area contributed by atoms with Crippen molar-refractivity contribution in [1.29, 1.82) is 0 Å².